The van der Waals surface area contributed by atoms with Crippen LogP contribution in [0.15, 0.2) is 24.3 Å². The van der Waals surface area contributed by atoms with Gasteiger partial charge in [0.05, 0.1) is 11.2 Å². The Labute approximate surface area is 119 Å². The maximum Gasteiger partial charge on any atom is 0.185 e. The lowest BCUT2D eigenvalue weighted by atomic mass is 9.90. The summed E-state index contributed by atoms with van der Waals surface area (Å²) in [5, 5.41) is 3.14. The van der Waals surface area contributed by atoms with Crippen molar-refractivity contribution in [2.75, 3.05) is 5.32 Å². The molecule has 0 saturated carbocycles. The minimum atomic E-state index is -0.344. The van der Waals surface area contributed by atoms with Crippen molar-refractivity contribution in [1.29, 1.82) is 0 Å². The van der Waals surface area contributed by atoms with Crippen LogP contribution in [0.3, 0.4) is 0 Å². The maximum atomic E-state index is 5.98. The van der Waals surface area contributed by atoms with E-state index in [0.29, 0.717) is 0 Å². The molecular formula is C14H20N2O2S. The zero-order valence-corrected chi connectivity index (χ0v) is 12.5. The minimum Gasteiger partial charge on any atom is -0.376 e. The van der Waals surface area contributed by atoms with Gasteiger partial charge >= 0.3 is 0 Å². The fraction of sp³-hybridized carbons (Fsp3) is 0.500. The van der Waals surface area contributed by atoms with Crippen molar-refractivity contribution in [1.82, 2.24) is 0 Å². The molecule has 1 aliphatic heterocycles. The number of hydrogen-bond donors (Lipinski definition) is 2. The van der Waals surface area contributed by atoms with Crippen molar-refractivity contribution in [2.24, 2.45) is 5.73 Å². The largest absolute Gasteiger partial charge is 0.376 e. The van der Waals surface area contributed by atoms with Crippen LogP contribution in [0.1, 0.15) is 39.5 Å². The van der Waals surface area contributed by atoms with Crippen LogP contribution in [0.25, 0.3) is 0 Å². The highest BCUT2D eigenvalue weighted by Crippen LogP contribution is 2.44. The molecule has 0 unspecified atom stereocenters. The summed E-state index contributed by atoms with van der Waals surface area (Å²) >= 11 is 4.80. The average Bonchev–Trinajstić information content (AvgIpc) is 2.48. The van der Waals surface area contributed by atoms with Gasteiger partial charge in [-0.05, 0) is 52.0 Å². The Morgan fingerprint density at radius 1 is 1.11 bits per heavy atom. The second kappa shape index (κ2) is 4.74. The van der Waals surface area contributed by atoms with E-state index >= 15 is 0 Å². The first kappa shape index (κ1) is 14.2. The molecule has 1 saturated heterocycles. The Morgan fingerprint density at radius 3 is 2.00 bits per heavy atom. The fourth-order valence-corrected chi connectivity index (χ4v) is 1.96. The molecule has 4 nitrogen and oxygen atoms in total. The topological polar surface area (TPSA) is 56.5 Å². The molecule has 1 fully saturated rings. The summed E-state index contributed by atoms with van der Waals surface area (Å²) in [6, 6.07) is 7.70. The van der Waals surface area contributed by atoms with Crippen molar-refractivity contribution in [3.63, 3.8) is 0 Å². The molecule has 0 radical (unpaired) electrons. The second-order valence-electron chi connectivity index (χ2n) is 5.70. The highest BCUT2D eigenvalue weighted by atomic mass is 32.1. The second-order valence-corrected chi connectivity index (χ2v) is 6.14. The van der Waals surface area contributed by atoms with Crippen LogP contribution in [0.4, 0.5) is 5.69 Å². The van der Waals surface area contributed by atoms with E-state index in [9.17, 15) is 0 Å². The number of hydrogen-bond acceptors (Lipinski definition) is 3. The highest BCUT2D eigenvalue weighted by Gasteiger charge is 2.49. The Hall–Kier alpha value is -1.17. The van der Waals surface area contributed by atoms with Gasteiger partial charge in [-0.15, -0.1) is 0 Å². The van der Waals surface area contributed by atoms with Gasteiger partial charge in [-0.3, -0.25) is 0 Å². The summed E-state index contributed by atoms with van der Waals surface area (Å²) in [5.41, 5.74) is 6.61. The summed E-state index contributed by atoms with van der Waals surface area (Å²) in [4.78, 5) is 0. The molecule has 1 heterocycles. The molecule has 0 spiro atoms. The van der Waals surface area contributed by atoms with Gasteiger partial charge in [0.15, 0.2) is 11.4 Å². The Bertz CT molecular complexity index is 467. The van der Waals surface area contributed by atoms with Gasteiger partial charge in [0.25, 0.3) is 0 Å². The van der Waals surface area contributed by atoms with Gasteiger partial charge in [-0.25, -0.2) is 0 Å². The minimum absolute atomic E-state index is 0.253. The van der Waals surface area contributed by atoms with E-state index < -0.39 is 0 Å². The first-order valence-corrected chi connectivity index (χ1v) is 6.64. The molecule has 19 heavy (non-hydrogen) atoms. The lowest BCUT2D eigenvalue weighted by Crippen LogP contribution is -2.41. The molecule has 1 aromatic rings. The SMILES string of the molecule is CC1(C)OC(c2ccc(NC(N)=S)cc2)OC1(C)C. The van der Waals surface area contributed by atoms with Gasteiger partial charge < -0.3 is 20.5 Å². The lowest BCUT2D eigenvalue weighted by Gasteiger charge is -2.30. The number of anilines is 1. The van der Waals surface area contributed by atoms with E-state index in [1.54, 1.807) is 0 Å². The molecule has 1 aliphatic rings. The van der Waals surface area contributed by atoms with E-state index in [0.717, 1.165) is 11.3 Å². The quantitative estimate of drug-likeness (QED) is 0.816. The third kappa shape index (κ3) is 2.88. The van der Waals surface area contributed by atoms with Crippen molar-refractivity contribution in [3.05, 3.63) is 29.8 Å². The normalized spacial score (nSPS) is 21.3. The molecule has 0 aliphatic carbocycles. The first-order valence-electron chi connectivity index (χ1n) is 6.23. The zero-order valence-electron chi connectivity index (χ0n) is 11.7. The monoisotopic (exact) mass is 280 g/mol. The van der Waals surface area contributed by atoms with E-state index in [2.05, 4.69) is 5.32 Å². The Balaban J connectivity index is 2.14. The first-order chi connectivity index (χ1) is 8.71. The maximum absolute atomic E-state index is 5.98. The molecule has 0 aromatic heterocycles. The van der Waals surface area contributed by atoms with Crippen LogP contribution in [0.5, 0.6) is 0 Å². The summed E-state index contributed by atoms with van der Waals surface area (Å²) < 4.78 is 12.0. The summed E-state index contributed by atoms with van der Waals surface area (Å²) in [5.74, 6) is 0. The molecule has 3 N–H and O–H groups in total. The number of nitrogens with one attached hydrogen (secondary N) is 1. The molecule has 0 bridgehead atoms. The highest BCUT2D eigenvalue weighted by molar-refractivity contribution is 7.80. The predicted octanol–water partition coefficient (Wildman–Crippen LogP) is 2.94. The van der Waals surface area contributed by atoms with Crippen molar-refractivity contribution in [3.8, 4) is 0 Å². The number of benzene rings is 1. The van der Waals surface area contributed by atoms with Gasteiger partial charge in [-0.2, -0.15) is 0 Å². The van der Waals surface area contributed by atoms with Crippen LogP contribution in [-0.2, 0) is 9.47 Å². The molecule has 0 atom stereocenters. The summed E-state index contributed by atoms with van der Waals surface area (Å²) in [7, 11) is 0. The van der Waals surface area contributed by atoms with Crippen LogP contribution < -0.4 is 11.1 Å². The lowest BCUT2D eigenvalue weighted by molar-refractivity contribution is -0.0895. The van der Waals surface area contributed by atoms with Gasteiger partial charge in [0.1, 0.15) is 0 Å². The van der Waals surface area contributed by atoms with Crippen LogP contribution >= 0.6 is 12.2 Å². The fourth-order valence-electron chi connectivity index (χ4n) is 1.84. The standard InChI is InChI=1S/C14H20N2O2S/c1-13(2)14(3,4)18-11(17-13)9-5-7-10(8-6-9)16-12(15)19/h5-8,11H,1-4H3,(H3,15,16,19). The van der Waals surface area contributed by atoms with Crippen LogP contribution in [0, 0.1) is 0 Å². The van der Waals surface area contributed by atoms with Crippen molar-refractivity contribution >= 4 is 23.0 Å². The molecule has 5 heteroatoms. The van der Waals surface area contributed by atoms with Crippen molar-refractivity contribution in [2.45, 2.75) is 45.2 Å². The van der Waals surface area contributed by atoms with Crippen molar-refractivity contribution < 1.29 is 9.47 Å². The van der Waals surface area contributed by atoms with Crippen LogP contribution in [0.2, 0.25) is 0 Å². The molecule has 2 rings (SSSR count). The third-order valence-electron chi connectivity index (χ3n) is 3.70. The number of nitrogens with two attached hydrogens (primary N) is 1. The van der Waals surface area contributed by atoms with E-state index in [-0.39, 0.29) is 22.6 Å². The molecule has 104 valence electrons. The van der Waals surface area contributed by atoms with Crippen LogP contribution in [-0.4, -0.2) is 16.3 Å². The average molecular weight is 280 g/mol. The van der Waals surface area contributed by atoms with E-state index in [1.165, 1.54) is 0 Å². The Kier molecular flexibility index (Phi) is 3.55. The van der Waals surface area contributed by atoms with E-state index in [1.807, 2.05) is 52.0 Å². The molecule has 0 amide bonds. The predicted molar refractivity (Wildman–Crippen MR) is 79.9 cm³/mol. The van der Waals surface area contributed by atoms with E-state index in [4.69, 9.17) is 27.4 Å². The number of thiocarbonyl (C=S) groups is 1. The van der Waals surface area contributed by atoms with Gasteiger partial charge in [0, 0.05) is 11.3 Å². The van der Waals surface area contributed by atoms with Gasteiger partial charge in [0.2, 0.25) is 0 Å². The smallest absolute Gasteiger partial charge is 0.185 e. The molecular weight excluding hydrogens is 260 g/mol. The zero-order chi connectivity index (χ0) is 14.3. The third-order valence-corrected chi connectivity index (χ3v) is 3.81. The molecule has 1 aromatic carbocycles. The number of rotatable bonds is 2. The van der Waals surface area contributed by atoms with Gasteiger partial charge in [-0.1, -0.05) is 12.1 Å². The number of ether oxygens (including phenoxy) is 2. The summed E-state index contributed by atoms with van der Waals surface area (Å²) in [6.45, 7) is 8.15. The Morgan fingerprint density at radius 2 is 1.58 bits per heavy atom. The summed E-state index contributed by atoms with van der Waals surface area (Å²) in [6.07, 6.45) is -0.344.